The lowest BCUT2D eigenvalue weighted by atomic mass is 9.89. The van der Waals surface area contributed by atoms with E-state index < -0.39 is 11.7 Å². The van der Waals surface area contributed by atoms with Crippen LogP contribution < -0.4 is 9.47 Å². The molecule has 0 spiro atoms. The van der Waals surface area contributed by atoms with Crippen LogP contribution in [-0.2, 0) is 0 Å². The molecular weight excluding hydrogens is 232 g/mol. The second-order valence-corrected chi connectivity index (χ2v) is 5.12. The summed E-state index contributed by atoms with van der Waals surface area (Å²) < 4.78 is 10.9. The van der Waals surface area contributed by atoms with E-state index in [1.807, 2.05) is 0 Å². The first-order chi connectivity index (χ1) is 8.69. The van der Waals surface area contributed by atoms with Gasteiger partial charge in [0.05, 0.1) is 5.60 Å². The SMILES string of the molecule is OC(c1ccc2c(c1)OCCO2)C1(O)CCCC1. The number of hydrogen-bond donors (Lipinski definition) is 2. The van der Waals surface area contributed by atoms with Gasteiger partial charge in [0.1, 0.15) is 19.3 Å². The highest BCUT2D eigenvalue weighted by Gasteiger charge is 2.39. The average Bonchev–Trinajstić information content (AvgIpc) is 2.85. The number of ether oxygens (including phenoxy) is 2. The van der Waals surface area contributed by atoms with Crippen LogP contribution in [0.3, 0.4) is 0 Å². The van der Waals surface area contributed by atoms with Crippen molar-refractivity contribution in [2.24, 2.45) is 0 Å². The third-order valence-electron chi connectivity index (χ3n) is 3.86. The summed E-state index contributed by atoms with van der Waals surface area (Å²) in [6, 6.07) is 5.37. The maximum Gasteiger partial charge on any atom is 0.161 e. The van der Waals surface area contributed by atoms with Gasteiger partial charge in [-0.1, -0.05) is 18.9 Å². The molecule has 1 saturated carbocycles. The molecule has 1 aromatic rings. The third kappa shape index (κ3) is 1.95. The molecule has 18 heavy (non-hydrogen) atoms. The first-order valence-electron chi connectivity index (χ1n) is 6.49. The summed E-state index contributed by atoms with van der Waals surface area (Å²) in [6.45, 7) is 1.08. The Hall–Kier alpha value is -1.26. The molecule has 0 aromatic heterocycles. The molecule has 1 aromatic carbocycles. The van der Waals surface area contributed by atoms with Gasteiger partial charge in [0.25, 0.3) is 0 Å². The van der Waals surface area contributed by atoms with Gasteiger partial charge in [-0.2, -0.15) is 0 Å². The van der Waals surface area contributed by atoms with Gasteiger partial charge < -0.3 is 19.7 Å². The maximum atomic E-state index is 10.4. The number of fused-ring (bicyclic) bond motifs is 1. The molecule has 1 fully saturated rings. The molecule has 2 N–H and O–H groups in total. The fourth-order valence-corrected chi connectivity index (χ4v) is 2.80. The molecule has 0 bridgehead atoms. The zero-order chi connectivity index (χ0) is 12.6. The van der Waals surface area contributed by atoms with E-state index in [2.05, 4.69) is 0 Å². The Kier molecular flexibility index (Phi) is 2.92. The predicted molar refractivity (Wildman–Crippen MR) is 65.8 cm³/mol. The van der Waals surface area contributed by atoms with Crippen LogP contribution in [-0.4, -0.2) is 29.0 Å². The minimum atomic E-state index is -0.982. The highest BCUT2D eigenvalue weighted by Crippen LogP contribution is 2.42. The molecule has 0 radical (unpaired) electrons. The van der Waals surface area contributed by atoms with Crippen LogP contribution >= 0.6 is 0 Å². The Morgan fingerprint density at radius 2 is 1.72 bits per heavy atom. The lowest BCUT2D eigenvalue weighted by Gasteiger charge is -2.29. The van der Waals surface area contributed by atoms with Gasteiger partial charge in [0.2, 0.25) is 0 Å². The van der Waals surface area contributed by atoms with Crippen LogP contribution in [0, 0.1) is 0 Å². The average molecular weight is 250 g/mol. The summed E-state index contributed by atoms with van der Waals surface area (Å²) in [6.07, 6.45) is 2.40. The van der Waals surface area contributed by atoms with Gasteiger partial charge in [-0.25, -0.2) is 0 Å². The topological polar surface area (TPSA) is 58.9 Å². The van der Waals surface area contributed by atoms with E-state index in [9.17, 15) is 10.2 Å². The summed E-state index contributed by atoms with van der Waals surface area (Å²) in [4.78, 5) is 0. The Labute approximate surface area is 106 Å². The molecule has 1 heterocycles. The lowest BCUT2D eigenvalue weighted by molar-refractivity contribution is -0.0720. The summed E-state index contributed by atoms with van der Waals surface area (Å²) in [7, 11) is 0. The van der Waals surface area contributed by atoms with Crippen LogP contribution in [0.25, 0.3) is 0 Å². The second kappa shape index (κ2) is 4.44. The van der Waals surface area contributed by atoms with Gasteiger partial charge in [0.15, 0.2) is 11.5 Å². The maximum absolute atomic E-state index is 10.4. The summed E-state index contributed by atoms with van der Waals surface area (Å²) in [5.74, 6) is 1.36. The first-order valence-corrected chi connectivity index (χ1v) is 6.49. The fraction of sp³-hybridized carbons (Fsp3) is 0.571. The van der Waals surface area contributed by atoms with Gasteiger partial charge in [-0.05, 0) is 30.5 Å². The molecule has 0 amide bonds. The molecule has 4 nitrogen and oxygen atoms in total. The van der Waals surface area contributed by atoms with Crippen LogP contribution in [0.4, 0.5) is 0 Å². The standard InChI is InChI=1S/C14H18O4/c15-13(14(16)5-1-2-6-14)10-3-4-11-12(9-10)18-8-7-17-11/h3-4,9,13,15-16H,1-2,5-8H2. The number of aliphatic hydroxyl groups excluding tert-OH is 1. The summed E-state index contributed by atoms with van der Waals surface area (Å²) in [5, 5.41) is 20.7. The highest BCUT2D eigenvalue weighted by atomic mass is 16.6. The zero-order valence-corrected chi connectivity index (χ0v) is 10.3. The number of hydrogen-bond acceptors (Lipinski definition) is 4. The Morgan fingerprint density at radius 3 is 2.44 bits per heavy atom. The number of rotatable bonds is 2. The second-order valence-electron chi connectivity index (χ2n) is 5.12. The molecule has 3 rings (SSSR count). The minimum absolute atomic E-state index is 0.525. The zero-order valence-electron chi connectivity index (χ0n) is 10.3. The predicted octanol–water partition coefficient (Wildman–Crippen LogP) is 1.80. The Bertz CT molecular complexity index is 437. The van der Waals surface area contributed by atoms with E-state index in [0.717, 1.165) is 12.8 Å². The molecular formula is C14H18O4. The van der Waals surface area contributed by atoms with Crippen molar-refractivity contribution in [1.82, 2.24) is 0 Å². The number of benzene rings is 1. The van der Waals surface area contributed by atoms with E-state index in [-0.39, 0.29) is 0 Å². The third-order valence-corrected chi connectivity index (χ3v) is 3.86. The van der Waals surface area contributed by atoms with E-state index in [0.29, 0.717) is 43.1 Å². The molecule has 1 aliphatic carbocycles. The molecule has 4 heteroatoms. The summed E-state index contributed by atoms with van der Waals surface area (Å²) >= 11 is 0. The van der Waals surface area contributed by atoms with E-state index in [1.165, 1.54) is 0 Å². The minimum Gasteiger partial charge on any atom is -0.486 e. The molecule has 1 aliphatic heterocycles. The Balaban J connectivity index is 1.87. The molecule has 98 valence electrons. The molecule has 1 atom stereocenters. The van der Waals surface area contributed by atoms with E-state index >= 15 is 0 Å². The van der Waals surface area contributed by atoms with Crippen molar-refractivity contribution >= 4 is 0 Å². The van der Waals surface area contributed by atoms with Crippen molar-refractivity contribution in [3.05, 3.63) is 23.8 Å². The monoisotopic (exact) mass is 250 g/mol. The lowest BCUT2D eigenvalue weighted by Crippen LogP contribution is -2.33. The quantitative estimate of drug-likeness (QED) is 0.840. The molecule has 0 saturated heterocycles. The van der Waals surface area contributed by atoms with Crippen LogP contribution in [0.2, 0.25) is 0 Å². The van der Waals surface area contributed by atoms with E-state index in [1.54, 1.807) is 18.2 Å². The van der Waals surface area contributed by atoms with Gasteiger partial charge in [-0.3, -0.25) is 0 Å². The van der Waals surface area contributed by atoms with Crippen LogP contribution in [0.5, 0.6) is 11.5 Å². The van der Waals surface area contributed by atoms with Gasteiger partial charge in [-0.15, -0.1) is 0 Å². The van der Waals surface area contributed by atoms with Crippen LogP contribution in [0.15, 0.2) is 18.2 Å². The molecule has 1 unspecified atom stereocenters. The molecule has 2 aliphatic rings. The van der Waals surface area contributed by atoms with Crippen molar-refractivity contribution < 1.29 is 19.7 Å². The highest BCUT2D eigenvalue weighted by molar-refractivity contribution is 5.44. The van der Waals surface area contributed by atoms with Crippen molar-refractivity contribution in [2.45, 2.75) is 37.4 Å². The van der Waals surface area contributed by atoms with Crippen LogP contribution in [0.1, 0.15) is 37.4 Å². The van der Waals surface area contributed by atoms with Gasteiger partial charge >= 0.3 is 0 Å². The smallest absolute Gasteiger partial charge is 0.161 e. The van der Waals surface area contributed by atoms with Crippen molar-refractivity contribution in [2.75, 3.05) is 13.2 Å². The fourth-order valence-electron chi connectivity index (χ4n) is 2.80. The van der Waals surface area contributed by atoms with Crippen molar-refractivity contribution in [3.8, 4) is 11.5 Å². The van der Waals surface area contributed by atoms with Crippen molar-refractivity contribution in [3.63, 3.8) is 0 Å². The normalized spacial score (nSPS) is 22.8. The number of aliphatic hydroxyl groups is 2. The first kappa shape index (κ1) is 11.8. The van der Waals surface area contributed by atoms with Crippen molar-refractivity contribution in [1.29, 1.82) is 0 Å². The van der Waals surface area contributed by atoms with Gasteiger partial charge in [0, 0.05) is 0 Å². The summed E-state index contributed by atoms with van der Waals surface area (Å²) in [5.41, 5.74) is -0.285. The largest absolute Gasteiger partial charge is 0.486 e. The Morgan fingerprint density at radius 1 is 1.06 bits per heavy atom. The van der Waals surface area contributed by atoms with E-state index in [4.69, 9.17) is 9.47 Å².